The number of benzene rings is 16. The van der Waals surface area contributed by atoms with E-state index < -0.39 is 10.8 Å². The number of nitrogens with zero attached hydrogens (tertiary/aromatic N) is 12. The van der Waals surface area contributed by atoms with Crippen molar-refractivity contribution in [2.75, 3.05) is 9.80 Å². The fraction of sp³-hybridized carbons (Fsp3) is 0.0364. The summed E-state index contributed by atoms with van der Waals surface area (Å²) >= 11 is 0. The number of para-hydroxylation sites is 4. The first-order chi connectivity index (χ1) is 60.1. The predicted octanol–water partition coefficient (Wildman–Crippen LogP) is 26.8. The van der Waals surface area contributed by atoms with E-state index in [4.69, 9.17) is 43.0 Å². The van der Waals surface area contributed by atoms with Crippen LogP contribution in [0, 0.1) is 49.7 Å². The summed E-state index contributed by atoms with van der Waals surface area (Å²) in [5, 5.41) is 22.2. The second-order valence-electron chi connectivity index (χ2n) is 30.9. The van der Waals surface area contributed by atoms with Crippen LogP contribution in [0.5, 0.6) is 0 Å². The Labute approximate surface area is 706 Å². The molecule has 22 rings (SSSR count). The Bertz CT molecular complexity index is 7050. The molecule has 18 aromatic rings. The molecule has 0 bridgehead atoms. The lowest BCUT2D eigenvalue weighted by molar-refractivity contribution is 0.752. The Morgan fingerprint density at radius 3 is 0.770 bits per heavy atom. The molecule has 568 valence electrons. The molecule has 0 saturated heterocycles. The highest BCUT2D eigenvalue weighted by Gasteiger charge is 2.54. The van der Waals surface area contributed by atoms with Crippen molar-refractivity contribution in [3.63, 3.8) is 0 Å². The molecule has 0 unspecified atom stereocenters. The molecule has 0 amide bonds. The van der Waals surface area contributed by atoms with Crippen LogP contribution >= 0.6 is 0 Å². The third-order valence-electron chi connectivity index (χ3n) is 24.0. The SMILES string of the molecule is [C-]#[N+]c1cc(-c2nc(-c3ccccc3)nc(-c3ccccc3)n2)cc(C#N)c1N1c2ccccc2C2(c3ccc(-c4ccccc4)cc3-c3cc(-c4ccccc4)ccc32)c2ccccc21.[C-]#[N+]c1cc(-c2nc(-c3ccccc3)nc(-c3ccccc3)n2)cc(C#N)c1N1c2ccccc2C2(c3ccc(C)cc3-c3cc(C)ccc32)c2ccccc21. The van der Waals surface area contributed by atoms with Crippen LogP contribution in [0.3, 0.4) is 0 Å². The second kappa shape index (κ2) is 29.7. The van der Waals surface area contributed by atoms with Gasteiger partial charge in [0, 0.05) is 56.1 Å². The largest absolute Gasteiger partial charge is 0.318 e. The van der Waals surface area contributed by atoms with Crippen molar-refractivity contribution in [3.05, 3.63) is 466 Å². The van der Waals surface area contributed by atoms with Crippen LogP contribution in [0.1, 0.15) is 66.8 Å². The van der Waals surface area contributed by atoms with Gasteiger partial charge >= 0.3 is 0 Å². The molecule has 2 aliphatic carbocycles. The van der Waals surface area contributed by atoms with Gasteiger partial charge in [0.15, 0.2) is 34.9 Å². The summed E-state index contributed by atoms with van der Waals surface area (Å²) in [6.45, 7) is 21.6. The zero-order chi connectivity index (χ0) is 82.2. The molecule has 122 heavy (non-hydrogen) atoms. The smallest absolute Gasteiger partial charge is 0.212 e. The molecular formula is C110H68N12. The minimum atomic E-state index is -0.726. The standard InChI is InChI=1S/C60H36N6.C50H32N6/c1-62-53-37-45(59-64-57(41-22-10-4-11-23-41)63-58(65-59)42-24-12-5-13-25-42)34-46(38-61)56(53)66-54-28-16-14-26-51(54)60(52-27-15-17-29-55(52)66)49-32-30-43(39-18-6-2-7-19-39)35-47(49)48-36-44(31-33-50(48)60)40-20-8-3-9-21-40;1-31-22-24-39-37(26-31)38-27-32(2)23-25-40(38)50(39)41-18-10-12-20-44(41)56(45-21-13-11-19-42(45)50)46-36(30-51)28-35(29-43(46)52-3)49-54-47(33-14-6-4-7-15-33)53-48(55-49)34-16-8-5-9-17-34/h2-37H;4-29H,1-2H3. The van der Waals surface area contributed by atoms with Gasteiger partial charge in [-0.3, -0.25) is 0 Å². The Balaban J connectivity index is 0.000000152. The topological polar surface area (TPSA) is 140 Å². The van der Waals surface area contributed by atoms with Crippen LogP contribution in [-0.4, -0.2) is 29.9 Å². The van der Waals surface area contributed by atoms with E-state index in [1.54, 1.807) is 0 Å². The highest BCUT2D eigenvalue weighted by molar-refractivity contribution is 6.03. The molecule has 0 saturated carbocycles. The van der Waals surface area contributed by atoms with E-state index >= 15 is 0 Å². The highest BCUT2D eigenvalue weighted by atomic mass is 15.2. The first kappa shape index (κ1) is 72.8. The van der Waals surface area contributed by atoms with Crippen molar-refractivity contribution in [1.82, 2.24) is 29.9 Å². The van der Waals surface area contributed by atoms with Crippen LogP contribution < -0.4 is 9.80 Å². The van der Waals surface area contributed by atoms with E-state index in [0.29, 0.717) is 79.9 Å². The molecule has 12 nitrogen and oxygen atoms in total. The lowest BCUT2D eigenvalue weighted by atomic mass is 9.64. The third-order valence-corrected chi connectivity index (χ3v) is 24.0. The number of hydrogen-bond donors (Lipinski definition) is 0. The highest BCUT2D eigenvalue weighted by Crippen LogP contribution is 2.67. The molecule has 0 radical (unpaired) electrons. The summed E-state index contributed by atoms with van der Waals surface area (Å²) in [6, 6.07) is 134. The van der Waals surface area contributed by atoms with Gasteiger partial charge in [0.2, 0.25) is 11.4 Å². The van der Waals surface area contributed by atoms with Crippen molar-refractivity contribution < 1.29 is 0 Å². The average Bonchev–Trinajstić information content (AvgIpc) is 1.53. The summed E-state index contributed by atoms with van der Waals surface area (Å²) in [5.74, 6) is 2.77. The number of anilines is 6. The van der Waals surface area contributed by atoms with Crippen LogP contribution in [0.15, 0.2) is 376 Å². The molecule has 0 fully saturated rings. The maximum atomic E-state index is 11.2. The van der Waals surface area contributed by atoms with E-state index in [-0.39, 0.29) is 0 Å². The fourth-order valence-electron chi connectivity index (χ4n) is 18.8. The van der Waals surface area contributed by atoms with Crippen molar-refractivity contribution in [1.29, 1.82) is 10.5 Å². The van der Waals surface area contributed by atoms with Crippen LogP contribution in [0.4, 0.5) is 45.5 Å². The predicted molar refractivity (Wildman–Crippen MR) is 486 cm³/mol. The van der Waals surface area contributed by atoms with E-state index in [1.165, 1.54) is 55.6 Å². The van der Waals surface area contributed by atoms with E-state index in [1.807, 2.05) is 170 Å². The van der Waals surface area contributed by atoms with Crippen molar-refractivity contribution in [2.24, 2.45) is 0 Å². The van der Waals surface area contributed by atoms with Gasteiger partial charge in [0.05, 0.1) is 58.6 Å². The van der Waals surface area contributed by atoms with E-state index in [2.05, 4.69) is 252 Å². The Kier molecular flexibility index (Phi) is 17.7. The Morgan fingerprint density at radius 2 is 0.492 bits per heavy atom. The van der Waals surface area contributed by atoms with Crippen LogP contribution in [0.2, 0.25) is 0 Å². The normalized spacial score (nSPS) is 12.7. The number of nitriles is 2. The number of fused-ring (bicyclic) bond motifs is 18. The third kappa shape index (κ3) is 11.7. The summed E-state index contributed by atoms with van der Waals surface area (Å²) in [5.41, 5.74) is 30.0. The molecule has 12 heteroatoms. The molecule has 0 N–H and O–H groups in total. The van der Waals surface area contributed by atoms with Crippen LogP contribution in [-0.2, 0) is 10.8 Å². The lowest BCUT2D eigenvalue weighted by Crippen LogP contribution is -2.36. The maximum Gasteiger partial charge on any atom is 0.212 e. The van der Waals surface area contributed by atoms with Crippen LogP contribution in [0.25, 0.3) is 123 Å². The van der Waals surface area contributed by atoms with E-state index in [0.717, 1.165) is 89.5 Å². The average molecular weight is 1560 g/mol. The monoisotopic (exact) mass is 1560 g/mol. The zero-order valence-electron chi connectivity index (χ0n) is 66.2. The number of rotatable bonds is 10. The quantitative estimate of drug-likeness (QED) is 0.122. The zero-order valence-corrected chi connectivity index (χ0v) is 66.2. The summed E-state index contributed by atoms with van der Waals surface area (Å²) < 4.78 is 0. The van der Waals surface area contributed by atoms with Gasteiger partial charge < -0.3 is 9.80 Å². The van der Waals surface area contributed by atoms with Gasteiger partial charge in [-0.2, -0.15) is 10.5 Å². The van der Waals surface area contributed by atoms with Crippen molar-refractivity contribution >= 4 is 45.5 Å². The maximum absolute atomic E-state index is 11.2. The van der Waals surface area contributed by atoms with Gasteiger partial charge in [-0.25, -0.2) is 39.6 Å². The van der Waals surface area contributed by atoms with Gasteiger partial charge in [0.25, 0.3) is 0 Å². The molecule has 4 aliphatic rings. The Morgan fingerprint density at radius 1 is 0.246 bits per heavy atom. The summed E-state index contributed by atoms with van der Waals surface area (Å²) in [7, 11) is 0. The molecular weight excluding hydrogens is 1490 g/mol. The van der Waals surface area contributed by atoms with Gasteiger partial charge in [0.1, 0.15) is 0 Å². The molecule has 2 spiro atoms. The first-order valence-corrected chi connectivity index (χ1v) is 40.4. The number of aromatic nitrogens is 6. The minimum Gasteiger partial charge on any atom is -0.318 e. The summed E-state index contributed by atoms with van der Waals surface area (Å²) in [4.78, 5) is 42.0. The number of aryl methyl sites for hydroxylation is 2. The molecule has 0 atom stereocenters. The molecule has 2 aromatic heterocycles. The first-order valence-electron chi connectivity index (χ1n) is 40.4. The number of hydrogen-bond acceptors (Lipinski definition) is 10. The second-order valence-corrected chi connectivity index (χ2v) is 30.9. The van der Waals surface area contributed by atoms with Crippen molar-refractivity contribution in [2.45, 2.75) is 24.7 Å². The van der Waals surface area contributed by atoms with Crippen molar-refractivity contribution in [3.8, 4) is 125 Å². The van der Waals surface area contributed by atoms with Gasteiger partial charge in [-0.15, -0.1) is 0 Å². The minimum absolute atomic E-state index is 0.305. The lowest BCUT2D eigenvalue weighted by Gasteiger charge is -2.45. The Hall–Kier alpha value is -16.9. The fourth-order valence-corrected chi connectivity index (χ4v) is 18.8. The van der Waals surface area contributed by atoms with E-state index in [9.17, 15) is 10.5 Å². The molecule has 4 heterocycles. The van der Waals surface area contributed by atoms with Gasteiger partial charge in [-0.1, -0.05) is 327 Å². The van der Waals surface area contributed by atoms with Gasteiger partial charge in [-0.05, 0) is 164 Å². The molecule has 16 aromatic carbocycles. The summed E-state index contributed by atoms with van der Waals surface area (Å²) in [6.07, 6.45) is 0. The molecule has 2 aliphatic heterocycles.